The molecule has 1 heterocycles. The van der Waals surface area contributed by atoms with Crippen LogP contribution in [0.25, 0.3) is 11.4 Å². The highest BCUT2D eigenvalue weighted by Crippen LogP contribution is 2.26. The SMILES string of the molecule is CC(c1cccc(Br)c1)n1c(-c2ccccc2)n[nH]c1=S. The summed E-state index contributed by atoms with van der Waals surface area (Å²) in [6, 6.07) is 18.4. The first-order valence-electron chi connectivity index (χ1n) is 6.64. The van der Waals surface area contributed by atoms with E-state index in [1.165, 1.54) is 5.56 Å². The Balaban J connectivity index is 2.11. The zero-order valence-corrected chi connectivity index (χ0v) is 13.9. The second-order valence-corrected chi connectivity index (χ2v) is 6.12. The molecule has 0 saturated heterocycles. The van der Waals surface area contributed by atoms with E-state index >= 15 is 0 Å². The topological polar surface area (TPSA) is 33.6 Å². The largest absolute Gasteiger partial charge is 0.293 e. The van der Waals surface area contributed by atoms with E-state index in [1.807, 2.05) is 47.0 Å². The van der Waals surface area contributed by atoms with Crippen molar-refractivity contribution in [2.24, 2.45) is 0 Å². The highest BCUT2D eigenvalue weighted by atomic mass is 79.9. The van der Waals surface area contributed by atoms with Crippen LogP contribution in [0.2, 0.25) is 0 Å². The van der Waals surface area contributed by atoms with E-state index in [0.717, 1.165) is 15.9 Å². The average Bonchev–Trinajstić information content (AvgIpc) is 2.89. The standard InChI is InChI=1S/C16H14BrN3S/c1-11(13-8-5-9-14(17)10-13)20-15(18-19-16(20)21)12-6-3-2-4-7-12/h2-11H,1H3,(H,19,21). The van der Waals surface area contributed by atoms with Gasteiger partial charge in [-0.15, -0.1) is 0 Å². The fourth-order valence-corrected chi connectivity index (χ4v) is 3.08. The summed E-state index contributed by atoms with van der Waals surface area (Å²) in [4.78, 5) is 0. The van der Waals surface area contributed by atoms with Crippen LogP contribution < -0.4 is 0 Å². The molecule has 3 rings (SSSR count). The summed E-state index contributed by atoms with van der Waals surface area (Å²) in [5, 5.41) is 7.29. The minimum absolute atomic E-state index is 0.101. The molecule has 1 N–H and O–H groups in total. The number of hydrogen-bond acceptors (Lipinski definition) is 2. The molecule has 0 fully saturated rings. The fraction of sp³-hybridized carbons (Fsp3) is 0.125. The van der Waals surface area contributed by atoms with Crippen molar-refractivity contribution in [2.75, 3.05) is 0 Å². The van der Waals surface area contributed by atoms with E-state index in [0.29, 0.717) is 4.77 Å². The Morgan fingerprint density at radius 1 is 1.14 bits per heavy atom. The van der Waals surface area contributed by atoms with Crippen molar-refractivity contribution < 1.29 is 0 Å². The molecule has 1 unspecified atom stereocenters. The molecule has 0 aliphatic carbocycles. The van der Waals surface area contributed by atoms with Crippen LogP contribution in [-0.2, 0) is 0 Å². The van der Waals surface area contributed by atoms with Gasteiger partial charge in [0.15, 0.2) is 10.6 Å². The van der Waals surface area contributed by atoms with Crippen molar-refractivity contribution in [1.29, 1.82) is 0 Å². The number of aromatic amines is 1. The van der Waals surface area contributed by atoms with Gasteiger partial charge in [-0.3, -0.25) is 9.67 Å². The summed E-state index contributed by atoms with van der Waals surface area (Å²) in [7, 11) is 0. The van der Waals surface area contributed by atoms with E-state index in [1.54, 1.807) is 0 Å². The second-order valence-electron chi connectivity index (χ2n) is 4.82. The van der Waals surface area contributed by atoms with Crippen LogP contribution in [-0.4, -0.2) is 14.8 Å². The molecule has 1 aromatic heterocycles. The predicted octanol–water partition coefficient (Wildman–Crippen LogP) is 4.98. The third kappa shape index (κ3) is 2.84. The van der Waals surface area contributed by atoms with Crippen LogP contribution >= 0.6 is 28.1 Å². The van der Waals surface area contributed by atoms with E-state index in [2.05, 4.69) is 45.2 Å². The molecule has 3 nitrogen and oxygen atoms in total. The Kier molecular flexibility index (Phi) is 4.03. The zero-order chi connectivity index (χ0) is 14.8. The number of benzene rings is 2. The van der Waals surface area contributed by atoms with Gasteiger partial charge in [0.2, 0.25) is 0 Å². The summed E-state index contributed by atoms with van der Waals surface area (Å²) >= 11 is 8.93. The fourth-order valence-electron chi connectivity index (χ4n) is 2.37. The molecule has 3 aromatic rings. The molecule has 5 heteroatoms. The third-order valence-electron chi connectivity index (χ3n) is 3.45. The van der Waals surface area contributed by atoms with E-state index in [-0.39, 0.29) is 6.04 Å². The summed E-state index contributed by atoms with van der Waals surface area (Å²) in [6.45, 7) is 2.12. The van der Waals surface area contributed by atoms with Gasteiger partial charge >= 0.3 is 0 Å². The Morgan fingerprint density at radius 2 is 1.90 bits per heavy atom. The molecular formula is C16H14BrN3S. The quantitative estimate of drug-likeness (QED) is 0.669. The van der Waals surface area contributed by atoms with Crippen molar-refractivity contribution in [3.05, 3.63) is 69.4 Å². The Labute approximate surface area is 136 Å². The van der Waals surface area contributed by atoms with Gasteiger partial charge in [-0.25, -0.2) is 0 Å². The van der Waals surface area contributed by atoms with E-state index < -0.39 is 0 Å². The lowest BCUT2D eigenvalue weighted by Crippen LogP contribution is -2.08. The monoisotopic (exact) mass is 359 g/mol. The summed E-state index contributed by atoms with van der Waals surface area (Å²) < 4.78 is 3.73. The molecule has 0 aliphatic heterocycles. The lowest BCUT2D eigenvalue weighted by Gasteiger charge is -2.16. The number of hydrogen-bond donors (Lipinski definition) is 1. The first-order chi connectivity index (χ1) is 10.2. The van der Waals surface area contributed by atoms with Gasteiger partial charge in [0.1, 0.15) is 0 Å². The molecule has 0 bridgehead atoms. The summed E-state index contributed by atoms with van der Waals surface area (Å²) in [5.41, 5.74) is 2.23. The summed E-state index contributed by atoms with van der Waals surface area (Å²) in [6.07, 6.45) is 0. The van der Waals surface area contributed by atoms with Crippen molar-refractivity contribution in [2.45, 2.75) is 13.0 Å². The molecule has 0 spiro atoms. The number of halogens is 1. The first kappa shape index (κ1) is 14.2. The van der Waals surface area contributed by atoms with Crippen LogP contribution in [0, 0.1) is 4.77 Å². The Bertz CT molecular complexity index is 808. The van der Waals surface area contributed by atoms with Gasteiger partial charge in [-0.1, -0.05) is 58.4 Å². The smallest absolute Gasteiger partial charge is 0.196 e. The summed E-state index contributed by atoms with van der Waals surface area (Å²) in [5.74, 6) is 0.855. The number of aromatic nitrogens is 3. The maximum atomic E-state index is 5.42. The minimum atomic E-state index is 0.101. The lowest BCUT2D eigenvalue weighted by molar-refractivity contribution is 0.635. The zero-order valence-electron chi connectivity index (χ0n) is 11.5. The van der Waals surface area contributed by atoms with Gasteiger partial charge in [-0.2, -0.15) is 5.10 Å². The maximum Gasteiger partial charge on any atom is 0.196 e. The molecule has 106 valence electrons. The number of nitrogens with one attached hydrogen (secondary N) is 1. The van der Waals surface area contributed by atoms with Gasteiger partial charge < -0.3 is 0 Å². The normalized spacial score (nSPS) is 12.3. The van der Waals surface area contributed by atoms with Crippen molar-refractivity contribution in [3.63, 3.8) is 0 Å². The molecule has 0 saturated carbocycles. The van der Waals surface area contributed by atoms with E-state index in [9.17, 15) is 0 Å². The highest BCUT2D eigenvalue weighted by Gasteiger charge is 2.16. The van der Waals surface area contributed by atoms with Gasteiger partial charge in [-0.05, 0) is 36.8 Å². The van der Waals surface area contributed by atoms with Crippen molar-refractivity contribution >= 4 is 28.1 Å². The van der Waals surface area contributed by atoms with Gasteiger partial charge in [0.05, 0.1) is 6.04 Å². The first-order valence-corrected chi connectivity index (χ1v) is 7.85. The molecule has 0 amide bonds. The van der Waals surface area contributed by atoms with E-state index in [4.69, 9.17) is 12.2 Å². The lowest BCUT2D eigenvalue weighted by atomic mass is 10.1. The maximum absolute atomic E-state index is 5.42. The predicted molar refractivity (Wildman–Crippen MR) is 90.8 cm³/mol. The highest BCUT2D eigenvalue weighted by molar-refractivity contribution is 9.10. The Hall–Kier alpha value is -1.72. The molecule has 0 aliphatic rings. The molecule has 0 radical (unpaired) electrons. The number of nitrogens with zero attached hydrogens (tertiary/aromatic N) is 2. The minimum Gasteiger partial charge on any atom is -0.293 e. The van der Waals surface area contributed by atoms with Crippen LogP contribution in [0.15, 0.2) is 59.1 Å². The Morgan fingerprint density at radius 3 is 2.62 bits per heavy atom. The molecule has 1 atom stereocenters. The van der Waals surface area contributed by atoms with Crippen molar-refractivity contribution in [1.82, 2.24) is 14.8 Å². The third-order valence-corrected chi connectivity index (χ3v) is 4.24. The van der Waals surface area contributed by atoms with Crippen LogP contribution in [0.3, 0.4) is 0 Å². The second kappa shape index (κ2) is 5.95. The number of rotatable bonds is 3. The molecular weight excluding hydrogens is 346 g/mol. The molecule has 21 heavy (non-hydrogen) atoms. The molecule has 2 aromatic carbocycles. The average molecular weight is 360 g/mol. The van der Waals surface area contributed by atoms with Crippen LogP contribution in [0.4, 0.5) is 0 Å². The van der Waals surface area contributed by atoms with Gasteiger partial charge in [0.25, 0.3) is 0 Å². The van der Waals surface area contributed by atoms with Crippen molar-refractivity contribution in [3.8, 4) is 11.4 Å². The van der Waals surface area contributed by atoms with Crippen LogP contribution in [0.5, 0.6) is 0 Å². The van der Waals surface area contributed by atoms with Crippen LogP contribution in [0.1, 0.15) is 18.5 Å². The number of H-pyrrole nitrogens is 1. The van der Waals surface area contributed by atoms with Gasteiger partial charge in [0, 0.05) is 10.0 Å².